The van der Waals surface area contributed by atoms with E-state index in [-0.39, 0.29) is 11.9 Å². The Hall–Kier alpha value is -0.883. The van der Waals surface area contributed by atoms with Crippen LogP contribution in [0.1, 0.15) is 40.5 Å². The van der Waals surface area contributed by atoms with Crippen molar-refractivity contribution in [2.75, 3.05) is 33.5 Å². The molecule has 0 aromatic heterocycles. The minimum atomic E-state index is -1.46. The number of nitrogens with zero attached hydrogens (tertiary/aromatic N) is 1. The Morgan fingerprint density at radius 2 is 1.54 bits per heavy atom. The van der Waals surface area contributed by atoms with Crippen molar-refractivity contribution < 1.29 is 19.1 Å². The minimum absolute atomic E-state index is 0.207. The van der Waals surface area contributed by atoms with Crippen molar-refractivity contribution in [1.82, 2.24) is 4.90 Å². The van der Waals surface area contributed by atoms with Gasteiger partial charge in [-0.2, -0.15) is 0 Å². The van der Waals surface area contributed by atoms with Gasteiger partial charge < -0.3 is 14.4 Å². The molecule has 0 bridgehead atoms. The number of carbonyl (C=O) groups excluding carboxylic acids is 2. The molecule has 0 fully saturated rings. The van der Waals surface area contributed by atoms with E-state index in [9.17, 15) is 9.59 Å². The monoisotopic (exact) mass is 359 g/mol. The fraction of sp³-hybridized carbons (Fsp3) is 0.889. The number of likely N-dealkylation sites (N-methyl/N-ethyl adjacent to an activating group) is 1. The average molecular weight is 360 g/mol. The van der Waals surface area contributed by atoms with Gasteiger partial charge in [-0.25, -0.2) is 0 Å². The van der Waals surface area contributed by atoms with Crippen LogP contribution in [0, 0.1) is 10.8 Å². The van der Waals surface area contributed by atoms with Gasteiger partial charge in [-0.3, -0.25) is 9.59 Å². The number of carbonyl (C=O) groups is 2. The van der Waals surface area contributed by atoms with Gasteiger partial charge in [0.05, 0.1) is 25.1 Å². The molecule has 1 unspecified atom stereocenters. The summed E-state index contributed by atoms with van der Waals surface area (Å²) in [6, 6.07) is 0. The number of esters is 2. The van der Waals surface area contributed by atoms with E-state index in [1.54, 1.807) is 0 Å². The fourth-order valence-electron chi connectivity index (χ4n) is 2.36. The van der Waals surface area contributed by atoms with E-state index in [2.05, 4.69) is 19.6 Å². The Bertz CT molecular complexity index is 429. The lowest BCUT2D eigenvalue weighted by atomic mass is 9.72. The Labute approximate surface area is 149 Å². The predicted octanol–water partition coefficient (Wildman–Crippen LogP) is 3.34. The molecule has 0 aliphatic heterocycles. The Morgan fingerprint density at radius 1 is 1.00 bits per heavy atom. The molecular formula is C18H37NO4Si. The van der Waals surface area contributed by atoms with Crippen molar-refractivity contribution in [2.45, 2.75) is 60.2 Å². The maximum absolute atomic E-state index is 12.6. The van der Waals surface area contributed by atoms with Gasteiger partial charge in [0.2, 0.25) is 0 Å². The van der Waals surface area contributed by atoms with Crippen LogP contribution in [-0.4, -0.2) is 58.4 Å². The molecule has 0 spiro atoms. The summed E-state index contributed by atoms with van der Waals surface area (Å²) < 4.78 is 10.9. The molecule has 0 radical (unpaired) electrons. The zero-order valence-corrected chi connectivity index (χ0v) is 18.1. The van der Waals surface area contributed by atoms with Crippen LogP contribution < -0.4 is 0 Å². The van der Waals surface area contributed by atoms with E-state index in [0.29, 0.717) is 32.2 Å². The van der Waals surface area contributed by atoms with E-state index in [1.807, 2.05) is 46.7 Å². The lowest BCUT2D eigenvalue weighted by molar-refractivity contribution is -0.162. The van der Waals surface area contributed by atoms with Crippen LogP contribution in [0.3, 0.4) is 0 Å². The second kappa shape index (κ2) is 8.99. The van der Waals surface area contributed by atoms with E-state index in [1.165, 1.54) is 0 Å². The highest BCUT2D eigenvalue weighted by Gasteiger charge is 2.43. The topological polar surface area (TPSA) is 55.8 Å². The van der Waals surface area contributed by atoms with Gasteiger partial charge in [0, 0.05) is 6.54 Å². The van der Waals surface area contributed by atoms with Crippen LogP contribution >= 0.6 is 0 Å². The zero-order chi connectivity index (χ0) is 19.2. The SMILES string of the molecule is CCC(C)(CC(C)(C)C(=O)OCCN(C)C)C(=O)OC[Si](C)(C)C. The number of ether oxygens (including phenoxy) is 2. The van der Waals surface area contributed by atoms with Crippen molar-refractivity contribution in [3.63, 3.8) is 0 Å². The van der Waals surface area contributed by atoms with Crippen molar-refractivity contribution in [3.8, 4) is 0 Å². The van der Waals surface area contributed by atoms with Crippen LogP contribution in [0.15, 0.2) is 0 Å². The molecule has 0 aromatic carbocycles. The molecule has 0 saturated carbocycles. The highest BCUT2D eigenvalue weighted by molar-refractivity contribution is 6.76. The summed E-state index contributed by atoms with van der Waals surface area (Å²) >= 11 is 0. The number of hydrogen-bond acceptors (Lipinski definition) is 5. The summed E-state index contributed by atoms with van der Waals surface area (Å²) in [6.45, 7) is 15.1. The summed E-state index contributed by atoms with van der Waals surface area (Å²) in [6.07, 6.45) is 1.56. The maximum atomic E-state index is 12.6. The molecule has 0 aliphatic rings. The lowest BCUT2D eigenvalue weighted by Gasteiger charge is -2.34. The van der Waals surface area contributed by atoms with Crippen molar-refractivity contribution in [3.05, 3.63) is 0 Å². The van der Waals surface area contributed by atoms with Crippen molar-refractivity contribution in [1.29, 1.82) is 0 Å². The predicted molar refractivity (Wildman–Crippen MR) is 101 cm³/mol. The van der Waals surface area contributed by atoms with E-state index in [4.69, 9.17) is 9.47 Å². The quantitative estimate of drug-likeness (QED) is 0.442. The molecule has 0 aliphatic carbocycles. The van der Waals surface area contributed by atoms with Crippen LogP contribution in [0.4, 0.5) is 0 Å². The molecule has 1 atom stereocenters. The van der Waals surface area contributed by atoms with Gasteiger partial charge >= 0.3 is 11.9 Å². The first kappa shape index (κ1) is 23.1. The fourth-order valence-corrected chi connectivity index (χ4v) is 2.93. The molecule has 142 valence electrons. The van der Waals surface area contributed by atoms with E-state index < -0.39 is 18.9 Å². The maximum Gasteiger partial charge on any atom is 0.311 e. The first-order valence-corrected chi connectivity index (χ1v) is 12.4. The van der Waals surface area contributed by atoms with Crippen LogP contribution in [-0.2, 0) is 19.1 Å². The third kappa shape index (κ3) is 8.28. The minimum Gasteiger partial charge on any atom is -0.469 e. The first-order valence-electron chi connectivity index (χ1n) is 8.73. The molecule has 0 rings (SSSR count). The Kier molecular flexibility index (Phi) is 8.66. The van der Waals surface area contributed by atoms with Crippen LogP contribution in [0.5, 0.6) is 0 Å². The smallest absolute Gasteiger partial charge is 0.311 e. The molecule has 0 heterocycles. The standard InChI is InChI=1S/C18H37NO4Si/c1-10-18(4,16(21)23-14-24(7,8)9)13-17(2,3)15(20)22-12-11-19(5)6/h10-14H2,1-9H3. The summed E-state index contributed by atoms with van der Waals surface area (Å²) in [5.74, 6) is -0.469. The zero-order valence-electron chi connectivity index (χ0n) is 17.1. The highest BCUT2D eigenvalue weighted by atomic mass is 28.3. The number of hydrogen-bond donors (Lipinski definition) is 0. The molecule has 6 heteroatoms. The largest absolute Gasteiger partial charge is 0.469 e. The molecule has 5 nitrogen and oxygen atoms in total. The second-order valence-electron chi connectivity index (χ2n) is 9.05. The average Bonchev–Trinajstić information content (AvgIpc) is 2.42. The Balaban J connectivity index is 4.85. The normalized spacial score (nSPS) is 15.1. The lowest BCUT2D eigenvalue weighted by Crippen LogP contribution is -2.41. The van der Waals surface area contributed by atoms with E-state index in [0.717, 1.165) is 0 Å². The third-order valence-corrected chi connectivity index (χ3v) is 5.08. The summed E-state index contributed by atoms with van der Waals surface area (Å²) in [5, 5.41) is 0. The van der Waals surface area contributed by atoms with Gasteiger partial charge in [-0.1, -0.05) is 26.6 Å². The highest BCUT2D eigenvalue weighted by Crippen LogP contribution is 2.38. The van der Waals surface area contributed by atoms with Gasteiger partial charge in [0.25, 0.3) is 0 Å². The van der Waals surface area contributed by atoms with Crippen LogP contribution in [0.25, 0.3) is 0 Å². The summed E-state index contributed by atoms with van der Waals surface area (Å²) in [7, 11) is 2.40. The molecule has 24 heavy (non-hydrogen) atoms. The van der Waals surface area contributed by atoms with Crippen molar-refractivity contribution >= 4 is 20.0 Å². The molecule has 0 aromatic rings. The van der Waals surface area contributed by atoms with E-state index >= 15 is 0 Å². The Morgan fingerprint density at radius 3 is 1.96 bits per heavy atom. The summed E-state index contributed by atoms with van der Waals surface area (Å²) in [4.78, 5) is 26.9. The van der Waals surface area contributed by atoms with Gasteiger partial charge in [-0.15, -0.1) is 0 Å². The van der Waals surface area contributed by atoms with Gasteiger partial charge in [0.1, 0.15) is 6.61 Å². The molecular weight excluding hydrogens is 322 g/mol. The number of rotatable bonds is 10. The second-order valence-corrected chi connectivity index (χ2v) is 14.5. The van der Waals surface area contributed by atoms with Crippen LogP contribution in [0.2, 0.25) is 19.6 Å². The molecule has 0 amide bonds. The first-order chi connectivity index (χ1) is 10.7. The molecule has 0 N–H and O–H groups in total. The molecule has 0 saturated heterocycles. The third-order valence-electron chi connectivity index (χ3n) is 4.07. The van der Waals surface area contributed by atoms with Crippen molar-refractivity contribution in [2.24, 2.45) is 10.8 Å². The summed E-state index contributed by atoms with van der Waals surface area (Å²) in [5.41, 5.74) is -1.40. The van der Waals surface area contributed by atoms with Gasteiger partial charge in [0.15, 0.2) is 0 Å². The van der Waals surface area contributed by atoms with Gasteiger partial charge in [-0.05, 0) is 47.7 Å².